The number of para-hydroxylation sites is 1. The number of hydrogen-bond donors (Lipinski definition) is 1. The molecule has 7 nitrogen and oxygen atoms in total. The summed E-state index contributed by atoms with van der Waals surface area (Å²) in [6.07, 6.45) is 1.82. The fraction of sp³-hybridized carbons (Fsp3) is 0.211. The van der Waals surface area contributed by atoms with E-state index in [1.807, 2.05) is 19.1 Å². The van der Waals surface area contributed by atoms with Gasteiger partial charge in [0.15, 0.2) is 0 Å². The highest BCUT2D eigenvalue weighted by molar-refractivity contribution is 6.32. The van der Waals surface area contributed by atoms with Crippen molar-refractivity contribution in [2.24, 2.45) is 0 Å². The van der Waals surface area contributed by atoms with Gasteiger partial charge >= 0.3 is 6.61 Å². The van der Waals surface area contributed by atoms with Gasteiger partial charge in [0, 0.05) is 11.3 Å². The molecular formula is C19H16ClF2N5O2. The molecule has 29 heavy (non-hydrogen) atoms. The van der Waals surface area contributed by atoms with E-state index in [0.717, 1.165) is 5.56 Å². The summed E-state index contributed by atoms with van der Waals surface area (Å²) < 4.78 is 37.4. The van der Waals surface area contributed by atoms with Gasteiger partial charge < -0.3 is 14.8 Å². The molecule has 0 bridgehead atoms. The van der Waals surface area contributed by atoms with Crippen LogP contribution in [0.5, 0.6) is 11.5 Å². The second kappa shape index (κ2) is 8.04. The first kappa shape index (κ1) is 19.1. The van der Waals surface area contributed by atoms with Crippen molar-refractivity contribution in [1.82, 2.24) is 20.2 Å². The Morgan fingerprint density at radius 2 is 2.03 bits per heavy atom. The van der Waals surface area contributed by atoms with E-state index in [9.17, 15) is 8.78 Å². The van der Waals surface area contributed by atoms with Gasteiger partial charge in [0.1, 0.15) is 17.5 Å². The number of ether oxygens (including phenoxy) is 2. The first-order valence-electron chi connectivity index (χ1n) is 8.80. The standard InChI is InChI=1S/C19H16ClF2N5O2/c1-2-28-17-8-7-11(9-13(17)20)14-10-15(27-19(23-14)24-25-26-27)12-5-3-4-6-16(12)29-18(21)22/h3-10,15,18H,2H2,1H3,(H,23,24,26). The van der Waals surface area contributed by atoms with E-state index in [4.69, 9.17) is 21.1 Å². The van der Waals surface area contributed by atoms with Crippen LogP contribution < -0.4 is 14.8 Å². The molecule has 0 spiro atoms. The van der Waals surface area contributed by atoms with Gasteiger partial charge in [0.05, 0.1) is 11.6 Å². The third-order valence-corrected chi connectivity index (χ3v) is 4.62. The Balaban J connectivity index is 1.77. The SMILES string of the molecule is CCOc1ccc(C2=CC(c3ccccc3OC(F)F)n3nnnc3N2)cc1Cl. The van der Waals surface area contributed by atoms with E-state index in [1.165, 1.54) is 10.7 Å². The van der Waals surface area contributed by atoms with E-state index in [1.54, 1.807) is 30.3 Å². The summed E-state index contributed by atoms with van der Waals surface area (Å²) in [7, 11) is 0. The van der Waals surface area contributed by atoms with E-state index in [0.29, 0.717) is 34.6 Å². The maximum absolute atomic E-state index is 12.9. The number of alkyl halides is 2. The second-order valence-electron chi connectivity index (χ2n) is 6.09. The molecule has 1 aromatic heterocycles. The summed E-state index contributed by atoms with van der Waals surface area (Å²) in [5.74, 6) is 0.993. The highest BCUT2D eigenvalue weighted by Crippen LogP contribution is 2.37. The lowest BCUT2D eigenvalue weighted by Crippen LogP contribution is -2.21. The van der Waals surface area contributed by atoms with Crippen LogP contribution in [-0.2, 0) is 0 Å². The highest BCUT2D eigenvalue weighted by Gasteiger charge is 2.27. The molecule has 3 aromatic rings. The Bertz CT molecular complexity index is 1060. The molecular weight excluding hydrogens is 404 g/mol. The Morgan fingerprint density at radius 3 is 2.79 bits per heavy atom. The highest BCUT2D eigenvalue weighted by atomic mass is 35.5. The number of anilines is 1. The fourth-order valence-corrected chi connectivity index (χ4v) is 3.35. The van der Waals surface area contributed by atoms with Crippen LogP contribution >= 0.6 is 11.6 Å². The number of tetrazole rings is 1. The minimum absolute atomic E-state index is 0.0520. The lowest BCUT2D eigenvalue weighted by atomic mass is 10.0. The average molecular weight is 420 g/mol. The molecule has 0 saturated carbocycles. The lowest BCUT2D eigenvalue weighted by Gasteiger charge is -2.25. The summed E-state index contributed by atoms with van der Waals surface area (Å²) in [5, 5.41) is 15.2. The van der Waals surface area contributed by atoms with Crippen LogP contribution in [0.15, 0.2) is 48.5 Å². The lowest BCUT2D eigenvalue weighted by molar-refractivity contribution is -0.0506. The normalized spacial score (nSPS) is 15.5. The van der Waals surface area contributed by atoms with Crippen LogP contribution in [-0.4, -0.2) is 33.4 Å². The number of hydrogen-bond acceptors (Lipinski definition) is 6. The Hall–Kier alpha value is -3.20. The monoisotopic (exact) mass is 419 g/mol. The molecule has 1 atom stereocenters. The quantitative estimate of drug-likeness (QED) is 0.639. The zero-order chi connectivity index (χ0) is 20.4. The molecule has 0 fully saturated rings. The minimum Gasteiger partial charge on any atom is -0.492 e. The number of allylic oxidation sites excluding steroid dienone is 1. The van der Waals surface area contributed by atoms with Crippen molar-refractivity contribution in [3.63, 3.8) is 0 Å². The molecule has 150 valence electrons. The van der Waals surface area contributed by atoms with Gasteiger partial charge in [-0.1, -0.05) is 34.9 Å². The van der Waals surface area contributed by atoms with Crippen LogP contribution in [0.3, 0.4) is 0 Å². The van der Waals surface area contributed by atoms with E-state index in [2.05, 4.69) is 20.8 Å². The van der Waals surface area contributed by atoms with Crippen LogP contribution in [0.25, 0.3) is 5.70 Å². The van der Waals surface area contributed by atoms with E-state index < -0.39 is 12.7 Å². The first-order chi connectivity index (χ1) is 14.1. The number of rotatable bonds is 6. The van der Waals surface area contributed by atoms with Gasteiger partial charge in [0.25, 0.3) is 0 Å². The van der Waals surface area contributed by atoms with Gasteiger partial charge in [-0.3, -0.25) is 0 Å². The van der Waals surface area contributed by atoms with E-state index in [-0.39, 0.29) is 5.75 Å². The number of nitrogens with one attached hydrogen (secondary N) is 1. The van der Waals surface area contributed by atoms with Gasteiger partial charge in [-0.2, -0.15) is 13.5 Å². The smallest absolute Gasteiger partial charge is 0.387 e. The van der Waals surface area contributed by atoms with E-state index >= 15 is 0 Å². The second-order valence-corrected chi connectivity index (χ2v) is 6.50. The Kier molecular flexibility index (Phi) is 5.30. The predicted octanol–water partition coefficient (Wildman–Crippen LogP) is 4.38. The van der Waals surface area contributed by atoms with Gasteiger partial charge in [-0.15, -0.1) is 0 Å². The molecule has 0 saturated heterocycles. The summed E-state index contributed by atoms with van der Waals surface area (Å²) in [5.41, 5.74) is 1.94. The molecule has 1 N–H and O–H groups in total. The molecule has 0 amide bonds. The van der Waals surface area contributed by atoms with Crippen molar-refractivity contribution < 1.29 is 18.3 Å². The molecule has 0 radical (unpaired) electrons. The molecule has 1 aliphatic rings. The zero-order valence-electron chi connectivity index (χ0n) is 15.2. The van der Waals surface area contributed by atoms with Crippen molar-refractivity contribution in [1.29, 1.82) is 0 Å². The first-order valence-corrected chi connectivity index (χ1v) is 9.17. The van der Waals surface area contributed by atoms with Crippen molar-refractivity contribution in [3.8, 4) is 11.5 Å². The number of fused-ring (bicyclic) bond motifs is 1. The van der Waals surface area contributed by atoms with Crippen LogP contribution in [0, 0.1) is 0 Å². The van der Waals surface area contributed by atoms with Crippen molar-refractivity contribution in [2.45, 2.75) is 19.6 Å². The minimum atomic E-state index is -2.94. The molecule has 1 aliphatic heterocycles. The van der Waals surface area contributed by atoms with Crippen molar-refractivity contribution >= 4 is 23.2 Å². The molecule has 2 heterocycles. The fourth-order valence-electron chi connectivity index (χ4n) is 3.11. The zero-order valence-corrected chi connectivity index (χ0v) is 16.0. The molecule has 2 aromatic carbocycles. The number of nitrogens with zero attached hydrogens (tertiary/aromatic N) is 4. The van der Waals surface area contributed by atoms with Gasteiger partial charge in [-0.25, -0.2) is 0 Å². The number of benzene rings is 2. The van der Waals surface area contributed by atoms with Gasteiger partial charge in [-0.05, 0) is 53.3 Å². The maximum atomic E-state index is 12.9. The topological polar surface area (TPSA) is 74.1 Å². The summed E-state index contributed by atoms with van der Waals surface area (Å²) in [6.45, 7) is -0.573. The van der Waals surface area contributed by atoms with Crippen LogP contribution in [0.4, 0.5) is 14.7 Å². The van der Waals surface area contributed by atoms with Crippen LogP contribution in [0.2, 0.25) is 5.02 Å². The summed E-state index contributed by atoms with van der Waals surface area (Å²) >= 11 is 6.31. The third-order valence-electron chi connectivity index (χ3n) is 4.32. The summed E-state index contributed by atoms with van der Waals surface area (Å²) in [4.78, 5) is 0. The van der Waals surface area contributed by atoms with Crippen LogP contribution in [0.1, 0.15) is 24.1 Å². The average Bonchev–Trinajstić information content (AvgIpc) is 3.18. The van der Waals surface area contributed by atoms with Gasteiger partial charge in [0.2, 0.25) is 5.95 Å². The largest absolute Gasteiger partial charge is 0.492 e. The predicted molar refractivity (Wildman–Crippen MR) is 103 cm³/mol. The maximum Gasteiger partial charge on any atom is 0.387 e. The van der Waals surface area contributed by atoms with Crippen molar-refractivity contribution in [3.05, 3.63) is 64.7 Å². The molecule has 1 unspecified atom stereocenters. The number of aromatic nitrogens is 4. The Morgan fingerprint density at radius 1 is 1.21 bits per heavy atom. The Labute approximate surface area is 169 Å². The molecule has 4 rings (SSSR count). The third kappa shape index (κ3) is 3.86. The number of halogens is 3. The van der Waals surface area contributed by atoms with Crippen molar-refractivity contribution in [2.75, 3.05) is 11.9 Å². The summed E-state index contributed by atoms with van der Waals surface area (Å²) in [6, 6.07) is 11.3. The molecule has 10 heteroatoms. The molecule has 0 aliphatic carbocycles.